The molecule has 22 heavy (non-hydrogen) atoms. The molecule has 2 aromatic carbocycles. The van der Waals surface area contributed by atoms with Gasteiger partial charge in [0.25, 0.3) is 0 Å². The number of hydrogen-bond donors (Lipinski definition) is 1. The first-order chi connectivity index (χ1) is 10.4. The van der Waals surface area contributed by atoms with Gasteiger partial charge in [-0.2, -0.15) is 0 Å². The number of carboxylic acid groups (broad SMARTS) is 1. The summed E-state index contributed by atoms with van der Waals surface area (Å²) >= 11 is 0. The fourth-order valence-corrected chi connectivity index (χ4v) is 2.78. The first-order valence-corrected chi connectivity index (χ1v) is 7.06. The van der Waals surface area contributed by atoms with E-state index in [0.717, 1.165) is 16.7 Å². The van der Waals surface area contributed by atoms with Gasteiger partial charge in [-0.25, -0.2) is 0 Å². The van der Waals surface area contributed by atoms with E-state index < -0.39 is 5.97 Å². The van der Waals surface area contributed by atoms with Crippen molar-refractivity contribution < 1.29 is 14.3 Å². The minimum atomic E-state index is -0.949. The van der Waals surface area contributed by atoms with E-state index in [9.17, 15) is 9.59 Å². The molecule has 0 atom stereocenters. The molecule has 0 aliphatic carbocycles. The van der Waals surface area contributed by atoms with E-state index in [-0.39, 0.29) is 11.8 Å². The predicted molar refractivity (Wildman–Crippen MR) is 85.5 cm³/mol. The molecular formula is C18H16O4. The molecule has 0 saturated heterocycles. The van der Waals surface area contributed by atoms with E-state index in [1.807, 2.05) is 26.8 Å². The van der Waals surface area contributed by atoms with E-state index in [1.54, 1.807) is 18.2 Å². The molecule has 1 heterocycles. The van der Waals surface area contributed by atoms with Crippen molar-refractivity contribution >= 4 is 27.9 Å². The van der Waals surface area contributed by atoms with Gasteiger partial charge in [0.2, 0.25) is 5.43 Å². The molecule has 0 aliphatic rings. The molecule has 0 amide bonds. The van der Waals surface area contributed by atoms with Crippen LogP contribution in [0.25, 0.3) is 21.9 Å². The van der Waals surface area contributed by atoms with Crippen LogP contribution in [-0.2, 0) is 11.2 Å². The van der Waals surface area contributed by atoms with Gasteiger partial charge in [0, 0.05) is 5.56 Å². The standard InChI is InChI=1S/C18H16O4/c1-9-6-12(8-15(19)20)18-14(7-9)16(21)13-5-4-10(2)11(3)17(13)22-18/h4-7H,8H2,1-3H3,(H,19,20). The number of aliphatic carboxylic acids is 1. The van der Waals surface area contributed by atoms with Crippen molar-refractivity contribution in [2.75, 3.05) is 0 Å². The Morgan fingerprint density at radius 2 is 1.82 bits per heavy atom. The van der Waals surface area contributed by atoms with Gasteiger partial charge in [-0.15, -0.1) is 0 Å². The highest BCUT2D eigenvalue weighted by Crippen LogP contribution is 2.27. The first kappa shape index (κ1) is 14.3. The van der Waals surface area contributed by atoms with E-state index in [2.05, 4.69) is 0 Å². The number of aryl methyl sites for hydroxylation is 3. The Labute approximate surface area is 127 Å². The van der Waals surface area contributed by atoms with Gasteiger partial charge in [0.15, 0.2) is 0 Å². The lowest BCUT2D eigenvalue weighted by Gasteiger charge is -2.10. The predicted octanol–water partition coefficient (Wildman–Crippen LogP) is 3.50. The Morgan fingerprint density at radius 1 is 1.09 bits per heavy atom. The molecule has 4 nitrogen and oxygen atoms in total. The lowest BCUT2D eigenvalue weighted by Crippen LogP contribution is -2.07. The van der Waals surface area contributed by atoms with E-state index in [4.69, 9.17) is 9.52 Å². The third-order valence-corrected chi connectivity index (χ3v) is 4.02. The Balaban J connectivity index is 2.52. The number of carbonyl (C=O) groups is 1. The third kappa shape index (κ3) is 2.17. The quantitative estimate of drug-likeness (QED) is 0.735. The smallest absolute Gasteiger partial charge is 0.307 e. The molecule has 0 spiro atoms. The molecule has 112 valence electrons. The lowest BCUT2D eigenvalue weighted by atomic mass is 10.0. The highest BCUT2D eigenvalue weighted by molar-refractivity contribution is 5.94. The van der Waals surface area contributed by atoms with Gasteiger partial charge < -0.3 is 9.52 Å². The summed E-state index contributed by atoms with van der Waals surface area (Å²) in [4.78, 5) is 23.8. The van der Waals surface area contributed by atoms with Gasteiger partial charge in [0.05, 0.1) is 17.2 Å². The molecule has 0 bridgehead atoms. The maximum atomic E-state index is 12.7. The zero-order valence-electron chi connectivity index (χ0n) is 12.7. The lowest BCUT2D eigenvalue weighted by molar-refractivity contribution is -0.136. The van der Waals surface area contributed by atoms with Crippen LogP contribution in [0.2, 0.25) is 0 Å². The molecular weight excluding hydrogens is 280 g/mol. The SMILES string of the molecule is Cc1cc(CC(=O)O)c2oc3c(C)c(C)ccc3c(=O)c2c1. The Hall–Kier alpha value is -2.62. The number of fused-ring (bicyclic) bond motifs is 2. The third-order valence-electron chi connectivity index (χ3n) is 4.02. The van der Waals surface area contributed by atoms with Crippen LogP contribution in [0.4, 0.5) is 0 Å². The monoisotopic (exact) mass is 296 g/mol. The van der Waals surface area contributed by atoms with Crippen LogP contribution in [0.15, 0.2) is 33.5 Å². The van der Waals surface area contributed by atoms with Gasteiger partial charge in [-0.05, 0) is 49.6 Å². The second-order valence-electron chi connectivity index (χ2n) is 5.69. The Morgan fingerprint density at radius 3 is 2.50 bits per heavy atom. The average Bonchev–Trinajstić information content (AvgIpc) is 2.44. The molecule has 0 unspecified atom stereocenters. The molecule has 1 N–H and O–H groups in total. The van der Waals surface area contributed by atoms with Crippen molar-refractivity contribution in [3.05, 3.63) is 56.7 Å². The van der Waals surface area contributed by atoms with E-state index in [0.29, 0.717) is 27.5 Å². The van der Waals surface area contributed by atoms with Crippen LogP contribution in [-0.4, -0.2) is 11.1 Å². The zero-order valence-corrected chi connectivity index (χ0v) is 12.7. The number of carboxylic acids is 1. The molecule has 0 saturated carbocycles. The summed E-state index contributed by atoms with van der Waals surface area (Å²) in [5.41, 5.74) is 4.10. The molecule has 0 radical (unpaired) electrons. The molecule has 3 rings (SSSR count). The van der Waals surface area contributed by atoms with Crippen molar-refractivity contribution in [1.82, 2.24) is 0 Å². The van der Waals surface area contributed by atoms with Gasteiger partial charge >= 0.3 is 5.97 Å². The van der Waals surface area contributed by atoms with Crippen LogP contribution in [0.1, 0.15) is 22.3 Å². The topological polar surface area (TPSA) is 67.5 Å². The summed E-state index contributed by atoms with van der Waals surface area (Å²) in [6, 6.07) is 7.17. The van der Waals surface area contributed by atoms with Crippen molar-refractivity contribution in [3.8, 4) is 0 Å². The maximum Gasteiger partial charge on any atom is 0.307 e. The molecule has 4 heteroatoms. The summed E-state index contributed by atoms with van der Waals surface area (Å²) < 4.78 is 5.96. The number of benzene rings is 2. The van der Waals surface area contributed by atoms with Crippen molar-refractivity contribution in [3.63, 3.8) is 0 Å². The van der Waals surface area contributed by atoms with Crippen LogP contribution < -0.4 is 5.43 Å². The highest BCUT2D eigenvalue weighted by atomic mass is 16.4. The molecule has 0 aliphatic heterocycles. The summed E-state index contributed by atoms with van der Waals surface area (Å²) in [7, 11) is 0. The molecule has 3 aromatic rings. The van der Waals surface area contributed by atoms with Crippen LogP contribution >= 0.6 is 0 Å². The second-order valence-corrected chi connectivity index (χ2v) is 5.69. The second kappa shape index (κ2) is 4.98. The normalized spacial score (nSPS) is 11.2. The molecule has 0 fully saturated rings. The van der Waals surface area contributed by atoms with Gasteiger partial charge in [-0.1, -0.05) is 12.1 Å². The van der Waals surface area contributed by atoms with Gasteiger partial charge in [0.1, 0.15) is 11.2 Å². The van der Waals surface area contributed by atoms with Crippen LogP contribution in [0.5, 0.6) is 0 Å². The maximum absolute atomic E-state index is 12.7. The fourth-order valence-electron chi connectivity index (χ4n) is 2.78. The minimum Gasteiger partial charge on any atom is -0.481 e. The van der Waals surface area contributed by atoms with Crippen molar-refractivity contribution in [2.24, 2.45) is 0 Å². The molecule has 1 aromatic heterocycles. The Bertz CT molecular complexity index is 980. The zero-order chi connectivity index (χ0) is 16.0. The number of rotatable bonds is 2. The fraction of sp³-hybridized carbons (Fsp3) is 0.222. The summed E-state index contributed by atoms with van der Waals surface area (Å²) in [6.45, 7) is 5.69. The number of hydrogen-bond acceptors (Lipinski definition) is 3. The van der Waals surface area contributed by atoms with Crippen molar-refractivity contribution in [1.29, 1.82) is 0 Å². The largest absolute Gasteiger partial charge is 0.481 e. The van der Waals surface area contributed by atoms with E-state index >= 15 is 0 Å². The van der Waals surface area contributed by atoms with Crippen LogP contribution in [0.3, 0.4) is 0 Å². The highest BCUT2D eigenvalue weighted by Gasteiger charge is 2.15. The average molecular weight is 296 g/mol. The van der Waals surface area contributed by atoms with Gasteiger partial charge in [-0.3, -0.25) is 9.59 Å². The first-order valence-electron chi connectivity index (χ1n) is 7.06. The summed E-state index contributed by atoms with van der Waals surface area (Å²) in [6.07, 6.45) is -0.169. The van der Waals surface area contributed by atoms with Crippen LogP contribution in [0, 0.1) is 20.8 Å². The summed E-state index contributed by atoms with van der Waals surface area (Å²) in [5.74, 6) is -0.949. The van der Waals surface area contributed by atoms with Crippen molar-refractivity contribution in [2.45, 2.75) is 27.2 Å². The minimum absolute atomic E-state index is 0.116. The summed E-state index contributed by atoms with van der Waals surface area (Å²) in [5, 5.41) is 10.0. The van der Waals surface area contributed by atoms with E-state index in [1.165, 1.54) is 0 Å². The Kier molecular flexibility index (Phi) is 3.24.